The van der Waals surface area contributed by atoms with Gasteiger partial charge in [0.15, 0.2) is 0 Å². The van der Waals surface area contributed by atoms with Crippen LogP contribution in [-0.4, -0.2) is 30.4 Å². The Morgan fingerprint density at radius 2 is 2.25 bits per heavy atom. The molecular formula is C12H18N2OS. The SMILES string of the molecule is Cc1ccsc1C(=O)N1CCC(CN)CC1. The largest absolute Gasteiger partial charge is 0.338 e. The Labute approximate surface area is 100 Å². The van der Waals surface area contributed by atoms with Crippen molar-refractivity contribution in [3.05, 3.63) is 21.9 Å². The molecule has 0 aromatic carbocycles. The molecule has 1 aromatic rings. The average molecular weight is 238 g/mol. The number of carbonyl (C=O) groups excluding carboxylic acids is 1. The van der Waals surface area contributed by atoms with E-state index >= 15 is 0 Å². The lowest BCUT2D eigenvalue weighted by Crippen LogP contribution is -2.39. The zero-order valence-corrected chi connectivity index (χ0v) is 10.4. The fraction of sp³-hybridized carbons (Fsp3) is 0.583. The summed E-state index contributed by atoms with van der Waals surface area (Å²) in [6.45, 7) is 4.46. The first-order valence-corrected chi connectivity index (χ1v) is 6.63. The molecule has 2 rings (SSSR count). The van der Waals surface area contributed by atoms with Crippen molar-refractivity contribution in [2.24, 2.45) is 11.7 Å². The fourth-order valence-corrected chi connectivity index (χ4v) is 3.00. The Balaban J connectivity index is 2.00. The van der Waals surface area contributed by atoms with E-state index in [1.165, 1.54) is 0 Å². The molecule has 3 nitrogen and oxygen atoms in total. The number of piperidine rings is 1. The Morgan fingerprint density at radius 1 is 1.56 bits per heavy atom. The summed E-state index contributed by atoms with van der Waals surface area (Å²) < 4.78 is 0. The first-order valence-electron chi connectivity index (χ1n) is 5.76. The second kappa shape index (κ2) is 4.97. The highest BCUT2D eigenvalue weighted by Gasteiger charge is 2.24. The highest BCUT2D eigenvalue weighted by molar-refractivity contribution is 7.12. The highest BCUT2D eigenvalue weighted by atomic mass is 32.1. The zero-order chi connectivity index (χ0) is 11.5. The third kappa shape index (κ3) is 2.28. The van der Waals surface area contributed by atoms with Gasteiger partial charge in [-0.2, -0.15) is 0 Å². The van der Waals surface area contributed by atoms with Crippen molar-refractivity contribution in [3.8, 4) is 0 Å². The molecule has 2 heterocycles. The van der Waals surface area contributed by atoms with Gasteiger partial charge >= 0.3 is 0 Å². The van der Waals surface area contributed by atoms with Gasteiger partial charge in [-0.25, -0.2) is 0 Å². The van der Waals surface area contributed by atoms with Crippen molar-refractivity contribution < 1.29 is 4.79 Å². The lowest BCUT2D eigenvalue weighted by atomic mass is 9.97. The van der Waals surface area contributed by atoms with Crippen molar-refractivity contribution in [2.75, 3.05) is 19.6 Å². The monoisotopic (exact) mass is 238 g/mol. The summed E-state index contributed by atoms with van der Waals surface area (Å²) in [5.41, 5.74) is 6.74. The van der Waals surface area contributed by atoms with E-state index < -0.39 is 0 Å². The number of rotatable bonds is 2. The highest BCUT2D eigenvalue weighted by Crippen LogP contribution is 2.22. The molecule has 0 unspecified atom stereocenters. The van der Waals surface area contributed by atoms with Crippen LogP contribution in [0.25, 0.3) is 0 Å². The predicted octanol–water partition coefficient (Wildman–Crippen LogP) is 1.87. The van der Waals surface area contributed by atoms with E-state index in [1.807, 2.05) is 23.3 Å². The summed E-state index contributed by atoms with van der Waals surface area (Å²) in [5.74, 6) is 0.802. The molecular weight excluding hydrogens is 220 g/mol. The van der Waals surface area contributed by atoms with Crippen molar-refractivity contribution >= 4 is 17.2 Å². The van der Waals surface area contributed by atoms with E-state index in [0.717, 1.165) is 42.9 Å². The maximum atomic E-state index is 12.2. The van der Waals surface area contributed by atoms with Gasteiger partial charge < -0.3 is 10.6 Å². The first kappa shape index (κ1) is 11.6. The molecule has 1 fully saturated rings. The zero-order valence-electron chi connectivity index (χ0n) is 9.61. The number of hydrogen-bond acceptors (Lipinski definition) is 3. The molecule has 0 aliphatic carbocycles. The Morgan fingerprint density at radius 3 is 2.75 bits per heavy atom. The van der Waals surface area contributed by atoms with Gasteiger partial charge in [-0.1, -0.05) is 0 Å². The van der Waals surface area contributed by atoms with E-state index in [9.17, 15) is 4.79 Å². The quantitative estimate of drug-likeness (QED) is 0.855. The number of thiophene rings is 1. The maximum Gasteiger partial charge on any atom is 0.264 e. The van der Waals surface area contributed by atoms with Crippen LogP contribution in [0.1, 0.15) is 28.1 Å². The topological polar surface area (TPSA) is 46.3 Å². The van der Waals surface area contributed by atoms with Crippen molar-refractivity contribution in [3.63, 3.8) is 0 Å². The minimum atomic E-state index is 0.197. The van der Waals surface area contributed by atoms with Crippen LogP contribution >= 0.6 is 11.3 Å². The van der Waals surface area contributed by atoms with Crippen LogP contribution < -0.4 is 5.73 Å². The van der Waals surface area contributed by atoms with Crippen LogP contribution in [0.15, 0.2) is 11.4 Å². The minimum absolute atomic E-state index is 0.197. The molecule has 1 saturated heterocycles. The summed E-state index contributed by atoms with van der Waals surface area (Å²) in [7, 11) is 0. The van der Waals surface area contributed by atoms with Crippen LogP contribution in [0.4, 0.5) is 0 Å². The van der Waals surface area contributed by atoms with Gasteiger partial charge in [-0.15, -0.1) is 11.3 Å². The van der Waals surface area contributed by atoms with Crippen molar-refractivity contribution in [1.29, 1.82) is 0 Å². The fourth-order valence-electron chi connectivity index (χ4n) is 2.11. The molecule has 16 heavy (non-hydrogen) atoms. The summed E-state index contributed by atoms with van der Waals surface area (Å²) in [5, 5.41) is 1.98. The van der Waals surface area contributed by atoms with Gasteiger partial charge in [-0.05, 0) is 49.2 Å². The van der Waals surface area contributed by atoms with Crippen molar-refractivity contribution in [1.82, 2.24) is 4.90 Å². The van der Waals surface area contributed by atoms with Gasteiger partial charge in [0.2, 0.25) is 0 Å². The minimum Gasteiger partial charge on any atom is -0.338 e. The van der Waals surface area contributed by atoms with Crippen LogP contribution in [0.3, 0.4) is 0 Å². The van der Waals surface area contributed by atoms with Gasteiger partial charge in [0.1, 0.15) is 0 Å². The Kier molecular flexibility index (Phi) is 3.61. The van der Waals surface area contributed by atoms with Crippen LogP contribution in [0, 0.1) is 12.8 Å². The number of aryl methyl sites for hydroxylation is 1. The number of amides is 1. The number of likely N-dealkylation sites (tertiary alicyclic amines) is 1. The normalized spacial score (nSPS) is 17.8. The Hall–Kier alpha value is -0.870. The third-order valence-corrected chi connectivity index (χ3v) is 4.30. The molecule has 4 heteroatoms. The number of nitrogens with two attached hydrogens (primary N) is 1. The third-order valence-electron chi connectivity index (χ3n) is 3.29. The second-order valence-electron chi connectivity index (χ2n) is 4.40. The predicted molar refractivity (Wildman–Crippen MR) is 66.7 cm³/mol. The lowest BCUT2D eigenvalue weighted by molar-refractivity contribution is 0.0697. The molecule has 88 valence electrons. The van der Waals surface area contributed by atoms with Gasteiger partial charge in [0.25, 0.3) is 5.91 Å². The Bertz CT molecular complexity index is 367. The molecule has 1 aliphatic rings. The van der Waals surface area contributed by atoms with Crippen LogP contribution in [0.2, 0.25) is 0 Å². The summed E-state index contributed by atoms with van der Waals surface area (Å²) in [4.78, 5) is 15.0. The summed E-state index contributed by atoms with van der Waals surface area (Å²) in [6, 6.07) is 2.00. The van der Waals surface area contributed by atoms with Gasteiger partial charge in [0, 0.05) is 13.1 Å². The summed E-state index contributed by atoms with van der Waals surface area (Å²) >= 11 is 1.54. The van der Waals surface area contributed by atoms with E-state index in [2.05, 4.69) is 0 Å². The molecule has 0 bridgehead atoms. The van der Waals surface area contributed by atoms with Gasteiger partial charge in [0.05, 0.1) is 4.88 Å². The second-order valence-corrected chi connectivity index (χ2v) is 5.32. The molecule has 1 aliphatic heterocycles. The van der Waals surface area contributed by atoms with E-state index in [0.29, 0.717) is 5.92 Å². The molecule has 0 saturated carbocycles. The maximum absolute atomic E-state index is 12.2. The molecule has 1 aromatic heterocycles. The smallest absolute Gasteiger partial charge is 0.264 e. The molecule has 0 atom stereocenters. The van der Waals surface area contributed by atoms with Gasteiger partial charge in [-0.3, -0.25) is 4.79 Å². The number of nitrogens with zero attached hydrogens (tertiary/aromatic N) is 1. The molecule has 1 amide bonds. The molecule has 0 radical (unpaired) electrons. The van der Waals surface area contributed by atoms with Crippen LogP contribution in [0.5, 0.6) is 0 Å². The van der Waals surface area contributed by atoms with E-state index in [1.54, 1.807) is 11.3 Å². The number of carbonyl (C=O) groups is 1. The number of hydrogen-bond donors (Lipinski definition) is 1. The standard InChI is InChI=1S/C12H18N2OS/c1-9-4-7-16-11(9)12(15)14-5-2-10(8-13)3-6-14/h4,7,10H,2-3,5-6,8,13H2,1H3. The molecule has 2 N–H and O–H groups in total. The van der Waals surface area contributed by atoms with Crippen molar-refractivity contribution in [2.45, 2.75) is 19.8 Å². The lowest BCUT2D eigenvalue weighted by Gasteiger charge is -2.31. The molecule has 0 spiro atoms. The average Bonchev–Trinajstić information content (AvgIpc) is 2.75. The van der Waals surface area contributed by atoms with Crippen LogP contribution in [-0.2, 0) is 0 Å². The first-order chi connectivity index (χ1) is 7.72. The summed E-state index contributed by atoms with van der Waals surface area (Å²) in [6.07, 6.45) is 2.10. The van der Waals surface area contributed by atoms with E-state index in [-0.39, 0.29) is 5.91 Å². The van der Waals surface area contributed by atoms with E-state index in [4.69, 9.17) is 5.73 Å².